The third-order valence-corrected chi connectivity index (χ3v) is 4.90. The molecular weight excluding hydrogens is 240 g/mol. The molecular formula is C14H22N4O. The van der Waals surface area contributed by atoms with E-state index in [2.05, 4.69) is 4.90 Å². The Bertz CT molecular complexity index is 446. The van der Waals surface area contributed by atoms with Gasteiger partial charge in [0.1, 0.15) is 11.5 Å². The van der Waals surface area contributed by atoms with Crippen molar-refractivity contribution in [3.63, 3.8) is 0 Å². The number of nitrogens with one attached hydrogen (secondary N) is 1. The third-order valence-electron chi connectivity index (χ3n) is 4.90. The number of nitrogens with two attached hydrogens (primary N) is 1. The van der Waals surface area contributed by atoms with Crippen molar-refractivity contribution in [3.8, 4) is 0 Å². The molecule has 3 aliphatic rings. The summed E-state index contributed by atoms with van der Waals surface area (Å²) in [5.74, 6) is 0.559. The SMILES string of the molecule is CN1C(=O)C2(CC2)CN(C2CCCC2)C(=N)C1=CN. The van der Waals surface area contributed by atoms with Crippen LogP contribution in [-0.2, 0) is 4.79 Å². The molecule has 3 N–H and O–H groups in total. The van der Waals surface area contributed by atoms with Crippen LogP contribution < -0.4 is 5.73 Å². The van der Waals surface area contributed by atoms with Crippen molar-refractivity contribution in [1.29, 1.82) is 5.41 Å². The Morgan fingerprint density at radius 2 is 2.00 bits per heavy atom. The van der Waals surface area contributed by atoms with E-state index < -0.39 is 0 Å². The van der Waals surface area contributed by atoms with Gasteiger partial charge in [0.15, 0.2) is 0 Å². The summed E-state index contributed by atoms with van der Waals surface area (Å²) in [4.78, 5) is 16.2. The van der Waals surface area contributed by atoms with Gasteiger partial charge >= 0.3 is 0 Å². The number of amidine groups is 1. The summed E-state index contributed by atoms with van der Waals surface area (Å²) in [6, 6.07) is 0.416. The molecule has 0 aromatic carbocycles. The number of rotatable bonds is 1. The molecule has 19 heavy (non-hydrogen) atoms. The summed E-state index contributed by atoms with van der Waals surface area (Å²) in [5, 5.41) is 8.42. The van der Waals surface area contributed by atoms with Crippen LogP contribution in [0, 0.1) is 10.8 Å². The number of carbonyl (C=O) groups is 1. The van der Waals surface area contributed by atoms with E-state index >= 15 is 0 Å². The van der Waals surface area contributed by atoms with Gasteiger partial charge in [0, 0.05) is 25.8 Å². The second-order valence-corrected chi connectivity index (χ2v) is 6.11. The number of nitrogens with zero attached hydrogens (tertiary/aromatic N) is 2. The lowest BCUT2D eigenvalue weighted by Gasteiger charge is -2.31. The van der Waals surface area contributed by atoms with Crippen molar-refractivity contribution in [2.24, 2.45) is 11.1 Å². The quantitative estimate of drug-likeness (QED) is 0.747. The van der Waals surface area contributed by atoms with Crippen molar-refractivity contribution in [1.82, 2.24) is 9.80 Å². The van der Waals surface area contributed by atoms with E-state index in [1.165, 1.54) is 19.0 Å². The van der Waals surface area contributed by atoms with Gasteiger partial charge in [-0.25, -0.2) is 0 Å². The van der Waals surface area contributed by atoms with Crippen molar-refractivity contribution >= 4 is 11.7 Å². The summed E-state index contributed by atoms with van der Waals surface area (Å²) in [7, 11) is 1.74. The molecule has 2 saturated carbocycles. The molecule has 0 unspecified atom stereocenters. The van der Waals surface area contributed by atoms with Crippen LogP contribution >= 0.6 is 0 Å². The molecule has 0 atom stereocenters. The summed E-state index contributed by atoms with van der Waals surface area (Å²) in [6.45, 7) is 0.705. The highest BCUT2D eigenvalue weighted by Gasteiger charge is 2.55. The maximum atomic E-state index is 12.5. The van der Waals surface area contributed by atoms with Gasteiger partial charge in [-0.15, -0.1) is 0 Å². The maximum Gasteiger partial charge on any atom is 0.234 e. The maximum absolute atomic E-state index is 12.5. The lowest BCUT2D eigenvalue weighted by atomic mass is 10.0. The average molecular weight is 262 g/mol. The Hall–Kier alpha value is -1.52. The molecule has 0 radical (unpaired) electrons. The highest BCUT2D eigenvalue weighted by Crippen LogP contribution is 2.50. The molecule has 1 amide bonds. The second kappa shape index (κ2) is 4.25. The first kappa shape index (κ1) is 12.5. The number of carbonyl (C=O) groups excluding carboxylic acids is 1. The van der Waals surface area contributed by atoms with Gasteiger partial charge in [0.2, 0.25) is 5.91 Å². The van der Waals surface area contributed by atoms with Crippen molar-refractivity contribution < 1.29 is 4.79 Å². The fraction of sp³-hybridized carbons (Fsp3) is 0.714. The standard InChI is InChI=1S/C14H22N4O/c1-17-11(8-15)12(16)18(10-4-2-3-5-10)9-14(6-7-14)13(17)19/h8,10,16H,2-7,9,15H2,1H3. The number of hydrogen-bond donors (Lipinski definition) is 2. The molecule has 2 aliphatic carbocycles. The molecule has 104 valence electrons. The highest BCUT2D eigenvalue weighted by atomic mass is 16.2. The van der Waals surface area contributed by atoms with Gasteiger partial charge in [-0.3, -0.25) is 10.2 Å². The average Bonchev–Trinajstić information content (AvgIpc) is 3.00. The summed E-state index contributed by atoms with van der Waals surface area (Å²) in [5.41, 5.74) is 5.98. The molecule has 1 spiro atoms. The van der Waals surface area contributed by atoms with Gasteiger partial charge in [0.05, 0.1) is 5.41 Å². The highest BCUT2D eigenvalue weighted by molar-refractivity contribution is 6.03. The molecule has 0 bridgehead atoms. The van der Waals surface area contributed by atoms with Crippen LogP contribution in [0.3, 0.4) is 0 Å². The summed E-state index contributed by atoms with van der Waals surface area (Å²) >= 11 is 0. The van der Waals surface area contributed by atoms with E-state index in [-0.39, 0.29) is 11.3 Å². The van der Waals surface area contributed by atoms with Gasteiger partial charge in [-0.2, -0.15) is 0 Å². The minimum Gasteiger partial charge on any atom is -0.403 e. The van der Waals surface area contributed by atoms with Gasteiger partial charge < -0.3 is 15.5 Å². The Morgan fingerprint density at radius 1 is 1.37 bits per heavy atom. The topological polar surface area (TPSA) is 73.4 Å². The van der Waals surface area contributed by atoms with Crippen LogP contribution in [0.4, 0.5) is 0 Å². The lowest BCUT2D eigenvalue weighted by molar-refractivity contribution is -0.133. The van der Waals surface area contributed by atoms with Gasteiger partial charge in [-0.1, -0.05) is 12.8 Å². The number of likely N-dealkylation sites (N-methyl/N-ethyl adjacent to an activating group) is 1. The predicted molar refractivity (Wildman–Crippen MR) is 73.4 cm³/mol. The summed E-state index contributed by atoms with van der Waals surface area (Å²) in [6.07, 6.45) is 8.03. The smallest absolute Gasteiger partial charge is 0.234 e. The molecule has 1 saturated heterocycles. The molecule has 5 nitrogen and oxygen atoms in total. The zero-order valence-electron chi connectivity index (χ0n) is 11.5. The molecule has 3 rings (SSSR count). The molecule has 1 heterocycles. The number of hydrogen-bond acceptors (Lipinski definition) is 3. The zero-order chi connectivity index (χ0) is 13.6. The summed E-state index contributed by atoms with van der Waals surface area (Å²) < 4.78 is 0. The normalized spacial score (nSPS) is 29.4. The van der Waals surface area contributed by atoms with Gasteiger partial charge in [0.25, 0.3) is 0 Å². The monoisotopic (exact) mass is 262 g/mol. The van der Waals surface area contributed by atoms with E-state index in [9.17, 15) is 4.79 Å². The minimum atomic E-state index is -0.242. The lowest BCUT2D eigenvalue weighted by Crippen LogP contribution is -2.42. The molecule has 0 aromatic rings. The van der Waals surface area contributed by atoms with Crippen LogP contribution in [0.1, 0.15) is 38.5 Å². The zero-order valence-corrected chi connectivity index (χ0v) is 11.5. The Morgan fingerprint density at radius 3 is 2.53 bits per heavy atom. The first-order valence-corrected chi connectivity index (χ1v) is 7.15. The second-order valence-electron chi connectivity index (χ2n) is 6.11. The van der Waals surface area contributed by atoms with Crippen molar-refractivity contribution in [2.45, 2.75) is 44.6 Å². The fourth-order valence-electron chi connectivity index (χ4n) is 3.49. The van der Waals surface area contributed by atoms with Crippen LogP contribution in [0.15, 0.2) is 11.9 Å². The van der Waals surface area contributed by atoms with E-state index in [1.54, 1.807) is 11.9 Å². The van der Waals surface area contributed by atoms with Crippen molar-refractivity contribution in [2.75, 3.05) is 13.6 Å². The Labute approximate surface area is 113 Å². The van der Waals surface area contributed by atoms with Crippen LogP contribution in [-0.4, -0.2) is 41.2 Å². The first-order valence-electron chi connectivity index (χ1n) is 7.15. The van der Waals surface area contributed by atoms with Crippen molar-refractivity contribution in [3.05, 3.63) is 11.9 Å². The van der Waals surface area contributed by atoms with E-state index in [0.717, 1.165) is 25.7 Å². The molecule has 1 aliphatic heterocycles. The Balaban J connectivity index is 1.95. The Kier molecular flexibility index (Phi) is 2.80. The fourth-order valence-corrected chi connectivity index (χ4v) is 3.49. The minimum absolute atomic E-state index is 0.134. The van der Waals surface area contributed by atoms with Crippen LogP contribution in [0.25, 0.3) is 0 Å². The van der Waals surface area contributed by atoms with E-state index in [0.29, 0.717) is 24.1 Å². The molecule has 3 fully saturated rings. The van der Waals surface area contributed by atoms with Crippen LogP contribution in [0.2, 0.25) is 0 Å². The molecule has 0 aromatic heterocycles. The van der Waals surface area contributed by atoms with E-state index in [1.807, 2.05) is 0 Å². The van der Waals surface area contributed by atoms with E-state index in [4.69, 9.17) is 11.1 Å². The number of amides is 1. The largest absolute Gasteiger partial charge is 0.403 e. The third kappa shape index (κ3) is 1.83. The predicted octanol–water partition coefficient (Wildman–Crippen LogP) is 1.26. The first-order chi connectivity index (χ1) is 9.09. The van der Waals surface area contributed by atoms with Gasteiger partial charge in [-0.05, 0) is 25.7 Å². The van der Waals surface area contributed by atoms with Crippen LogP contribution in [0.5, 0.6) is 0 Å². The molecule has 5 heteroatoms.